The first-order chi connectivity index (χ1) is 10.7. The molecule has 0 saturated carbocycles. The van der Waals surface area contributed by atoms with Gasteiger partial charge >= 0.3 is 6.03 Å². The van der Waals surface area contributed by atoms with Crippen LogP contribution in [0.4, 0.5) is 21.9 Å². The first-order valence-corrected chi connectivity index (χ1v) is 6.93. The standard InChI is InChI=1S/C16H18N4O2/c1-2-12-3-5-13(6-4-12)18-16(22)19-14-7-9-15(10-8-14)20-17-11-21/h3-11,20H,2H2,1H3,(H,17,21)(H2,18,19,22). The van der Waals surface area contributed by atoms with Crippen molar-refractivity contribution in [2.24, 2.45) is 0 Å². The number of anilines is 3. The third kappa shape index (κ3) is 4.52. The summed E-state index contributed by atoms with van der Waals surface area (Å²) >= 11 is 0. The summed E-state index contributed by atoms with van der Waals surface area (Å²) in [6.07, 6.45) is 1.51. The molecule has 4 N–H and O–H groups in total. The van der Waals surface area contributed by atoms with Gasteiger partial charge in [0.15, 0.2) is 0 Å². The van der Waals surface area contributed by atoms with Gasteiger partial charge in [-0.1, -0.05) is 19.1 Å². The predicted molar refractivity (Wildman–Crippen MR) is 87.7 cm³/mol. The van der Waals surface area contributed by atoms with E-state index < -0.39 is 0 Å². The zero-order valence-corrected chi connectivity index (χ0v) is 12.2. The Morgan fingerprint density at radius 3 is 1.91 bits per heavy atom. The summed E-state index contributed by atoms with van der Waals surface area (Å²) < 4.78 is 0. The lowest BCUT2D eigenvalue weighted by atomic mass is 10.1. The third-order valence-corrected chi connectivity index (χ3v) is 3.04. The van der Waals surface area contributed by atoms with Crippen LogP contribution in [0.2, 0.25) is 0 Å². The SMILES string of the molecule is CCc1ccc(NC(=O)Nc2ccc(NNC=O)cc2)cc1. The summed E-state index contributed by atoms with van der Waals surface area (Å²) in [7, 11) is 0. The largest absolute Gasteiger partial charge is 0.323 e. The Kier molecular flexibility index (Phi) is 5.37. The van der Waals surface area contributed by atoms with E-state index in [2.05, 4.69) is 28.4 Å². The van der Waals surface area contributed by atoms with Crippen LogP contribution in [0, 0.1) is 0 Å². The van der Waals surface area contributed by atoms with Gasteiger partial charge in [0, 0.05) is 11.4 Å². The van der Waals surface area contributed by atoms with Gasteiger partial charge in [-0.05, 0) is 48.4 Å². The Labute approximate surface area is 128 Å². The lowest BCUT2D eigenvalue weighted by Gasteiger charge is -2.09. The number of benzene rings is 2. The Hall–Kier alpha value is -3.02. The van der Waals surface area contributed by atoms with Gasteiger partial charge in [-0.3, -0.25) is 15.6 Å². The molecule has 3 amide bonds. The molecule has 6 nitrogen and oxygen atoms in total. The van der Waals surface area contributed by atoms with Crippen LogP contribution in [-0.2, 0) is 11.2 Å². The van der Waals surface area contributed by atoms with Crippen LogP contribution in [0.1, 0.15) is 12.5 Å². The van der Waals surface area contributed by atoms with Crippen molar-refractivity contribution in [1.82, 2.24) is 5.43 Å². The highest BCUT2D eigenvalue weighted by molar-refractivity contribution is 5.99. The fourth-order valence-electron chi connectivity index (χ4n) is 1.87. The van der Waals surface area contributed by atoms with Crippen LogP contribution in [0.25, 0.3) is 0 Å². The van der Waals surface area contributed by atoms with Crippen LogP contribution >= 0.6 is 0 Å². The molecule has 2 aromatic rings. The number of hydrogen-bond acceptors (Lipinski definition) is 3. The lowest BCUT2D eigenvalue weighted by Crippen LogP contribution is -2.20. The van der Waals surface area contributed by atoms with Crippen LogP contribution in [0.3, 0.4) is 0 Å². The van der Waals surface area contributed by atoms with E-state index in [1.54, 1.807) is 24.3 Å². The fraction of sp³-hybridized carbons (Fsp3) is 0.125. The van der Waals surface area contributed by atoms with E-state index in [0.717, 1.165) is 12.1 Å². The van der Waals surface area contributed by atoms with E-state index in [4.69, 9.17) is 0 Å². The number of nitrogens with one attached hydrogen (secondary N) is 4. The van der Waals surface area contributed by atoms with Gasteiger partial charge in [-0.2, -0.15) is 0 Å². The van der Waals surface area contributed by atoms with Gasteiger partial charge in [-0.15, -0.1) is 0 Å². The van der Waals surface area contributed by atoms with E-state index in [1.165, 1.54) is 5.56 Å². The smallest absolute Gasteiger partial charge is 0.308 e. The van der Waals surface area contributed by atoms with Gasteiger partial charge in [-0.25, -0.2) is 4.79 Å². The number of carbonyl (C=O) groups is 2. The molecule has 0 aliphatic carbocycles. The van der Waals surface area contributed by atoms with Gasteiger partial charge < -0.3 is 10.6 Å². The molecule has 6 heteroatoms. The Morgan fingerprint density at radius 2 is 1.41 bits per heavy atom. The summed E-state index contributed by atoms with van der Waals surface area (Å²) in [5.74, 6) is 0. The Bertz CT molecular complexity index is 624. The summed E-state index contributed by atoms with van der Waals surface area (Å²) in [4.78, 5) is 22.1. The molecular weight excluding hydrogens is 280 g/mol. The number of aryl methyl sites for hydroxylation is 1. The molecule has 0 atom stereocenters. The van der Waals surface area contributed by atoms with E-state index in [-0.39, 0.29) is 6.03 Å². The minimum Gasteiger partial charge on any atom is -0.308 e. The fourth-order valence-corrected chi connectivity index (χ4v) is 1.87. The quantitative estimate of drug-likeness (QED) is 0.489. The summed E-state index contributed by atoms with van der Waals surface area (Å²) in [6.45, 7) is 2.08. The molecule has 0 radical (unpaired) electrons. The highest BCUT2D eigenvalue weighted by Gasteiger charge is 2.02. The van der Waals surface area contributed by atoms with Gasteiger partial charge in [0.2, 0.25) is 6.41 Å². The van der Waals surface area contributed by atoms with Crippen LogP contribution < -0.4 is 21.5 Å². The minimum absolute atomic E-state index is 0.309. The zero-order valence-electron chi connectivity index (χ0n) is 12.2. The number of hydrogen-bond donors (Lipinski definition) is 4. The predicted octanol–water partition coefficient (Wildman–Crippen LogP) is 2.97. The molecule has 0 aromatic heterocycles. The molecule has 2 aromatic carbocycles. The highest BCUT2D eigenvalue weighted by atomic mass is 16.2. The van der Waals surface area contributed by atoms with Gasteiger partial charge in [0.05, 0.1) is 5.69 Å². The molecule has 0 aliphatic heterocycles. The molecule has 0 heterocycles. The monoisotopic (exact) mass is 298 g/mol. The first-order valence-electron chi connectivity index (χ1n) is 6.93. The number of carbonyl (C=O) groups excluding carboxylic acids is 2. The molecule has 0 bridgehead atoms. The van der Waals surface area contributed by atoms with Crippen molar-refractivity contribution in [2.75, 3.05) is 16.1 Å². The number of amides is 3. The highest BCUT2D eigenvalue weighted by Crippen LogP contribution is 2.14. The maximum Gasteiger partial charge on any atom is 0.323 e. The van der Waals surface area contributed by atoms with Crippen LogP contribution in [0.5, 0.6) is 0 Å². The number of rotatable bonds is 6. The van der Waals surface area contributed by atoms with Crippen molar-refractivity contribution in [3.05, 3.63) is 54.1 Å². The minimum atomic E-state index is -0.309. The second-order valence-electron chi connectivity index (χ2n) is 4.59. The normalized spacial score (nSPS) is 9.68. The molecule has 0 saturated heterocycles. The molecule has 2 rings (SSSR count). The summed E-state index contributed by atoms with van der Waals surface area (Å²) in [5, 5.41) is 5.50. The lowest BCUT2D eigenvalue weighted by molar-refractivity contribution is -0.109. The Morgan fingerprint density at radius 1 is 0.909 bits per heavy atom. The van der Waals surface area contributed by atoms with Crippen molar-refractivity contribution < 1.29 is 9.59 Å². The van der Waals surface area contributed by atoms with Gasteiger partial charge in [0.25, 0.3) is 0 Å². The molecule has 0 spiro atoms. The number of hydrazine groups is 1. The average molecular weight is 298 g/mol. The van der Waals surface area contributed by atoms with Crippen LogP contribution in [0.15, 0.2) is 48.5 Å². The van der Waals surface area contributed by atoms with E-state index in [9.17, 15) is 9.59 Å². The van der Waals surface area contributed by atoms with Crippen molar-refractivity contribution >= 4 is 29.5 Å². The molecule has 0 fully saturated rings. The molecule has 0 aliphatic rings. The maximum absolute atomic E-state index is 11.9. The topological polar surface area (TPSA) is 82.3 Å². The summed E-state index contributed by atoms with van der Waals surface area (Å²) in [6, 6.07) is 14.3. The number of urea groups is 1. The van der Waals surface area contributed by atoms with Crippen molar-refractivity contribution in [1.29, 1.82) is 0 Å². The second-order valence-corrected chi connectivity index (χ2v) is 4.59. The molecule has 22 heavy (non-hydrogen) atoms. The van der Waals surface area contributed by atoms with Crippen molar-refractivity contribution in [3.63, 3.8) is 0 Å². The van der Waals surface area contributed by atoms with E-state index in [0.29, 0.717) is 17.8 Å². The summed E-state index contributed by atoms with van der Waals surface area (Å²) in [5.41, 5.74) is 8.34. The zero-order chi connectivity index (χ0) is 15.8. The van der Waals surface area contributed by atoms with Gasteiger partial charge in [0.1, 0.15) is 0 Å². The first kappa shape index (κ1) is 15.4. The van der Waals surface area contributed by atoms with Crippen molar-refractivity contribution in [3.8, 4) is 0 Å². The second kappa shape index (κ2) is 7.68. The molecule has 114 valence electrons. The van der Waals surface area contributed by atoms with E-state index >= 15 is 0 Å². The van der Waals surface area contributed by atoms with Crippen LogP contribution in [-0.4, -0.2) is 12.4 Å². The molecular formula is C16H18N4O2. The third-order valence-electron chi connectivity index (χ3n) is 3.04. The maximum atomic E-state index is 11.9. The average Bonchev–Trinajstić information content (AvgIpc) is 2.55. The molecule has 0 unspecified atom stereocenters. The Balaban J connectivity index is 1.89. The van der Waals surface area contributed by atoms with Crippen molar-refractivity contribution in [2.45, 2.75) is 13.3 Å². The van der Waals surface area contributed by atoms with E-state index in [1.807, 2.05) is 24.3 Å².